The van der Waals surface area contributed by atoms with Crippen molar-refractivity contribution in [2.75, 3.05) is 4.90 Å². The van der Waals surface area contributed by atoms with Gasteiger partial charge in [-0.15, -0.1) is 0 Å². The number of hydrogen-bond donors (Lipinski definition) is 0. The van der Waals surface area contributed by atoms with E-state index < -0.39 is 17.3 Å². The van der Waals surface area contributed by atoms with E-state index in [0.717, 1.165) is 17.5 Å². The van der Waals surface area contributed by atoms with Gasteiger partial charge in [0.05, 0.1) is 17.5 Å². The van der Waals surface area contributed by atoms with Gasteiger partial charge in [-0.25, -0.2) is 9.29 Å². The molecule has 1 heterocycles. The summed E-state index contributed by atoms with van der Waals surface area (Å²) < 4.78 is 13.5. The largest absolute Gasteiger partial charge is 0.274 e. The predicted octanol–water partition coefficient (Wildman–Crippen LogP) is 4.79. The molecule has 4 aliphatic rings. The van der Waals surface area contributed by atoms with E-state index in [2.05, 4.69) is 31.2 Å². The normalized spacial score (nSPS) is 28.3. The number of nitrogens with zero attached hydrogens (tertiary/aromatic N) is 1. The molecule has 1 saturated heterocycles. The predicted molar refractivity (Wildman–Crippen MR) is 112 cm³/mol. The molecule has 3 aromatic carbocycles. The molecule has 148 valence electrons. The van der Waals surface area contributed by atoms with E-state index in [9.17, 15) is 14.0 Å². The standard InChI is InChI=1S/C26H20FNO2/c1-2-26-19-9-5-3-7-17(19)21(18-8-4-6-10-20(18)26)22-23(26)25(30)28(24(22)29)16-13-11-15(27)12-14-16/h3-14,21-23H,2H2,1H3/t21?,22-,23+,26?/m0/s1. The zero-order chi connectivity index (χ0) is 20.6. The van der Waals surface area contributed by atoms with E-state index in [4.69, 9.17) is 0 Å². The first-order valence-electron chi connectivity index (χ1n) is 10.4. The Bertz CT molecular complexity index is 1170. The molecule has 7 rings (SSSR count). The van der Waals surface area contributed by atoms with Crippen molar-refractivity contribution in [1.82, 2.24) is 0 Å². The zero-order valence-electron chi connectivity index (χ0n) is 16.5. The highest BCUT2D eigenvalue weighted by molar-refractivity contribution is 6.23. The zero-order valence-corrected chi connectivity index (χ0v) is 16.5. The van der Waals surface area contributed by atoms with Crippen LogP contribution in [0.4, 0.5) is 10.1 Å². The van der Waals surface area contributed by atoms with Crippen LogP contribution in [0.3, 0.4) is 0 Å². The lowest BCUT2D eigenvalue weighted by atomic mass is 9.46. The Morgan fingerprint density at radius 1 is 0.833 bits per heavy atom. The maximum absolute atomic E-state index is 13.8. The number of imide groups is 1. The fourth-order valence-electron chi connectivity index (χ4n) is 6.37. The van der Waals surface area contributed by atoms with E-state index in [1.54, 1.807) is 0 Å². The monoisotopic (exact) mass is 397 g/mol. The minimum atomic E-state index is -0.534. The van der Waals surface area contributed by atoms with E-state index in [0.29, 0.717) is 5.69 Å². The number of anilines is 1. The molecule has 3 aromatic rings. The first-order chi connectivity index (χ1) is 14.6. The van der Waals surface area contributed by atoms with Crippen molar-refractivity contribution >= 4 is 17.5 Å². The molecular weight excluding hydrogens is 377 g/mol. The molecule has 2 atom stereocenters. The first kappa shape index (κ1) is 17.6. The third kappa shape index (κ3) is 1.89. The van der Waals surface area contributed by atoms with Crippen molar-refractivity contribution < 1.29 is 14.0 Å². The highest BCUT2D eigenvalue weighted by Crippen LogP contribution is 2.65. The Hall–Kier alpha value is -3.27. The minimum absolute atomic E-state index is 0.141. The molecule has 0 aromatic heterocycles. The van der Waals surface area contributed by atoms with Crippen LogP contribution < -0.4 is 4.90 Å². The Morgan fingerprint density at radius 2 is 1.40 bits per heavy atom. The molecule has 0 N–H and O–H groups in total. The Labute approximate surface area is 174 Å². The van der Waals surface area contributed by atoms with Gasteiger partial charge in [0.25, 0.3) is 0 Å². The SMILES string of the molecule is CCC12c3ccccc3C(c3ccccc31)[C@@H]1C(=O)N(c3ccc(F)cc3)C(=O)[C@@H]12. The summed E-state index contributed by atoms with van der Waals surface area (Å²) in [6.45, 7) is 2.11. The summed E-state index contributed by atoms with van der Waals surface area (Å²) in [5.41, 5.74) is 4.55. The summed E-state index contributed by atoms with van der Waals surface area (Å²) in [5.74, 6) is -1.77. The topological polar surface area (TPSA) is 37.4 Å². The van der Waals surface area contributed by atoms with Gasteiger partial charge in [-0.2, -0.15) is 0 Å². The van der Waals surface area contributed by atoms with Gasteiger partial charge in [0, 0.05) is 11.3 Å². The fourth-order valence-corrected chi connectivity index (χ4v) is 6.37. The van der Waals surface area contributed by atoms with Crippen LogP contribution in [0.1, 0.15) is 41.5 Å². The molecule has 30 heavy (non-hydrogen) atoms. The van der Waals surface area contributed by atoms with E-state index in [-0.39, 0.29) is 23.5 Å². The summed E-state index contributed by atoms with van der Waals surface area (Å²) in [4.78, 5) is 28.8. The molecule has 2 bridgehead atoms. The van der Waals surface area contributed by atoms with Crippen LogP contribution >= 0.6 is 0 Å². The van der Waals surface area contributed by atoms with Crippen LogP contribution in [-0.2, 0) is 15.0 Å². The van der Waals surface area contributed by atoms with E-state index in [1.807, 2.05) is 24.3 Å². The van der Waals surface area contributed by atoms with Gasteiger partial charge in [-0.1, -0.05) is 55.5 Å². The molecule has 3 nitrogen and oxygen atoms in total. The number of rotatable bonds is 2. The van der Waals surface area contributed by atoms with Crippen molar-refractivity contribution in [3.63, 3.8) is 0 Å². The van der Waals surface area contributed by atoms with Crippen LogP contribution in [0.5, 0.6) is 0 Å². The second-order valence-electron chi connectivity index (χ2n) is 8.47. The Morgan fingerprint density at radius 3 is 1.97 bits per heavy atom. The number of halogens is 1. The molecule has 3 aliphatic carbocycles. The fraction of sp³-hybridized carbons (Fsp3) is 0.231. The van der Waals surface area contributed by atoms with E-state index in [1.165, 1.54) is 40.3 Å². The molecule has 0 saturated carbocycles. The molecule has 0 radical (unpaired) electrons. The summed E-state index contributed by atoms with van der Waals surface area (Å²) in [6, 6.07) is 22.2. The van der Waals surface area contributed by atoms with Gasteiger partial charge in [-0.05, 0) is 52.9 Å². The average Bonchev–Trinajstić information content (AvgIpc) is 3.05. The van der Waals surface area contributed by atoms with Crippen molar-refractivity contribution in [3.05, 3.63) is 101 Å². The molecule has 0 spiro atoms. The van der Waals surface area contributed by atoms with Gasteiger partial charge in [0.1, 0.15) is 5.82 Å². The van der Waals surface area contributed by atoms with Crippen molar-refractivity contribution in [1.29, 1.82) is 0 Å². The highest BCUT2D eigenvalue weighted by atomic mass is 19.1. The number of carbonyl (C=O) groups is 2. The Kier molecular flexibility index (Phi) is 3.45. The average molecular weight is 397 g/mol. The third-order valence-electron chi connectivity index (χ3n) is 7.44. The lowest BCUT2D eigenvalue weighted by Gasteiger charge is -2.54. The van der Waals surface area contributed by atoms with Crippen molar-refractivity contribution in [2.45, 2.75) is 24.7 Å². The number of hydrogen-bond acceptors (Lipinski definition) is 2. The van der Waals surface area contributed by atoms with Gasteiger partial charge in [0.2, 0.25) is 11.8 Å². The molecule has 1 fully saturated rings. The van der Waals surface area contributed by atoms with Crippen LogP contribution in [0.2, 0.25) is 0 Å². The maximum Gasteiger partial charge on any atom is 0.238 e. The van der Waals surface area contributed by atoms with Crippen LogP contribution in [0.15, 0.2) is 72.8 Å². The van der Waals surface area contributed by atoms with E-state index >= 15 is 0 Å². The molecule has 4 heteroatoms. The molecule has 2 amide bonds. The number of benzene rings is 3. The second kappa shape index (κ2) is 5.88. The summed E-state index contributed by atoms with van der Waals surface area (Å²) in [5, 5.41) is 0. The molecule has 1 aliphatic heterocycles. The first-order valence-corrected chi connectivity index (χ1v) is 10.4. The number of carbonyl (C=O) groups excluding carboxylic acids is 2. The lowest BCUT2D eigenvalue weighted by molar-refractivity contribution is -0.123. The highest BCUT2D eigenvalue weighted by Gasteiger charge is 2.67. The lowest BCUT2D eigenvalue weighted by Crippen LogP contribution is -2.53. The summed E-state index contributed by atoms with van der Waals surface area (Å²) in [6.07, 6.45) is 0.727. The number of amides is 2. The maximum atomic E-state index is 13.8. The summed E-state index contributed by atoms with van der Waals surface area (Å²) in [7, 11) is 0. The van der Waals surface area contributed by atoms with Gasteiger partial charge in [0.15, 0.2) is 0 Å². The summed E-state index contributed by atoms with van der Waals surface area (Å²) >= 11 is 0. The van der Waals surface area contributed by atoms with Crippen molar-refractivity contribution in [3.8, 4) is 0 Å². The second-order valence-corrected chi connectivity index (χ2v) is 8.47. The van der Waals surface area contributed by atoms with Gasteiger partial charge < -0.3 is 0 Å². The van der Waals surface area contributed by atoms with Crippen LogP contribution in [-0.4, -0.2) is 11.8 Å². The third-order valence-corrected chi connectivity index (χ3v) is 7.44. The quantitative estimate of drug-likeness (QED) is 0.583. The van der Waals surface area contributed by atoms with Crippen molar-refractivity contribution in [2.24, 2.45) is 11.8 Å². The van der Waals surface area contributed by atoms with Gasteiger partial charge in [-0.3, -0.25) is 9.59 Å². The van der Waals surface area contributed by atoms with Crippen LogP contribution in [0, 0.1) is 17.7 Å². The minimum Gasteiger partial charge on any atom is -0.274 e. The molecule has 0 unspecified atom stereocenters. The van der Waals surface area contributed by atoms with Crippen LogP contribution in [0.25, 0.3) is 0 Å². The molecular formula is C26H20FNO2. The smallest absolute Gasteiger partial charge is 0.238 e. The Balaban J connectivity index is 1.63. The van der Waals surface area contributed by atoms with Gasteiger partial charge >= 0.3 is 0 Å².